The molecule has 9 heteroatoms. The van der Waals surface area contributed by atoms with Crippen molar-refractivity contribution in [2.75, 3.05) is 18.8 Å². The van der Waals surface area contributed by atoms with Gasteiger partial charge in [-0.25, -0.2) is 14.1 Å². The molecule has 0 spiro atoms. The van der Waals surface area contributed by atoms with E-state index in [4.69, 9.17) is 33.7 Å². The lowest BCUT2D eigenvalue weighted by Crippen LogP contribution is -2.26. The van der Waals surface area contributed by atoms with Gasteiger partial charge in [0.1, 0.15) is 11.9 Å². The van der Waals surface area contributed by atoms with Crippen molar-refractivity contribution in [3.8, 4) is 11.4 Å². The van der Waals surface area contributed by atoms with Crippen molar-refractivity contribution in [1.82, 2.24) is 20.1 Å². The van der Waals surface area contributed by atoms with Crippen LogP contribution in [0.4, 0.5) is 10.2 Å². The third kappa shape index (κ3) is 4.24. The molecule has 0 unspecified atom stereocenters. The summed E-state index contributed by atoms with van der Waals surface area (Å²) in [4.78, 5) is 4.23. The number of hydrogen-bond donors (Lipinski definition) is 2. The summed E-state index contributed by atoms with van der Waals surface area (Å²) in [6.45, 7) is 3.75. The number of anilines is 1. The SMILES string of the molecule is C[C@@H](Oc1cc(-n2cc(C3CCNCC3)cn2)cnc1N)c1c(Cl)ccc(F)c1Cl. The second-order valence-electron chi connectivity index (χ2n) is 7.34. The van der Waals surface area contributed by atoms with Gasteiger partial charge in [0, 0.05) is 22.8 Å². The van der Waals surface area contributed by atoms with E-state index in [1.54, 1.807) is 23.9 Å². The van der Waals surface area contributed by atoms with Crippen LogP contribution in [0.2, 0.25) is 10.0 Å². The third-order valence-corrected chi connectivity index (χ3v) is 6.05. The molecule has 0 aliphatic carbocycles. The Hall–Kier alpha value is -2.35. The van der Waals surface area contributed by atoms with E-state index >= 15 is 0 Å². The van der Waals surface area contributed by atoms with Gasteiger partial charge in [-0.2, -0.15) is 5.10 Å². The fraction of sp³-hybridized carbons (Fsp3) is 0.333. The first-order chi connectivity index (χ1) is 14.4. The molecular weight excluding hydrogens is 428 g/mol. The van der Waals surface area contributed by atoms with Crippen LogP contribution in [0.15, 0.2) is 36.8 Å². The lowest BCUT2D eigenvalue weighted by Gasteiger charge is -2.21. The van der Waals surface area contributed by atoms with Crippen molar-refractivity contribution in [1.29, 1.82) is 0 Å². The normalized spacial score (nSPS) is 15.9. The van der Waals surface area contributed by atoms with E-state index in [0.717, 1.165) is 25.9 Å². The highest BCUT2D eigenvalue weighted by Gasteiger charge is 2.21. The van der Waals surface area contributed by atoms with Gasteiger partial charge in [0.05, 0.1) is 23.1 Å². The molecule has 1 atom stereocenters. The highest BCUT2D eigenvalue weighted by molar-refractivity contribution is 6.36. The van der Waals surface area contributed by atoms with Gasteiger partial charge in [-0.1, -0.05) is 23.2 Å². The smallest absolute Gasteiger partial charge is 0.166 e. The van der Waals surface area contributed by atoms with Crippen LogP contribution < -0.4 is 15.8 Å². The van der Waals surface area contributed by atoms with Gasteiger partial charge in [0.15, 0.2) is 11.6 Å². The molecule has 1 saturated heterocycles. The molecule has 1 aromatic carbocycles. The molecule has 0 bridgehead atoms. The number of nitrogens with one attached hydrogen (secondary N) is 1. The molecule has 6 nitrogen and oxygen atoms in total. The maximum absolute atomic E-state index is 13.9. The second kappa shape index (κ2) is 8.79. The lowest BCUT2D eigenvalue weighted by molar-refractivity contribution is 0.227. The van der Waals surface area contributed by atoms with E-state index in [1.165, 1.54) is 17.7 Å². The maximum atomic E-state index is 13.9. The van der Waals surface area contributed by atoms with Gasteiger partial charge < -0.3 is 15.8 Å². The molecule has 0 radical (unpaired) electrons. The van der Waals surface area contributed by atoms with E-state index in [0.29, 0.717) is 27.9 Å². The molecule has 1 aliphatic heterocycles. The van der Waals surface area contributed by atoms with Gasteiger partial charge in [0.2, 0.25) is 0 Å². The third-order valence-electron chi connectivity index (χ3n) is 5.33. The summed E-state index contributed by atoms with van der Waals surface area (Å²) in [5.41, 5.74) is 8.27. The summed E-state index contributed by atoms with van der Waals surface area (Å²) < 4.78 is 21.6. The zero-order valence-corrected chi connectivity index (χ0v) is 17.9. The first-order valence-electron chi connectivity index (χ1n) is 9.75. The Morgan fingerprint density at radius 2 is 2.03 bits per heavy atom. The molecule has 3 N–H and O–H groups in total. The van der Waals surface area contributed by atoms with Crippen LogP contribution in [0.5, 0.6) is 5.75 Å². The van der Waals surface area contributed by atoms with Crippen LogP contribution in [-0.2, 0) is 0 Å². The minimum absolute atomic E-state index is 0.0728. The van der Waals surface area contributed by atoms with Crippen molar-refractivity contribution in [3.05, 3.63) is 63.8 Å². The number of hydrogen-bond acceptors (Lipinski definition) is 5. The van der Waals surface area contributed by atoms with Gasteiger partial charge in [-0.05, 0) is 56.5 Å². The largest absolute Gasteiger partial charge is 0.482 e. The summed E-state index contributed by atoms with van der Waals surface area (Å²) in [6, 6.07) is 4.41. The topological polar surface area (TPSA) is 78.0 Å². The average Bonchev–Trinajstić information content (AvgIpc) is 3.24. The van der Waals surface area contributed by atoms with E-state index < -0.39 is 11.9 Å². The van der Waals surface area contributed by atoms with Crippen molar-refractivity contribution < 1.29 is 9.13 Å². The van der Waals surface area contributed by atoms with Crippen molar-refractivity contribution in [2.45, 2.75) is 31.8 Å². The van der Waals surface area contributed by atoms with E-state index in [9.17, 15) is 4.39 Å². The first kappa shape index (κ1) is 20.9. The van der Waals surface area contributed by atoms with Crippen LogP contribution in [0.25, 0.3) is 5.69 Å². The Bertz CT molecular complexity index is 1050. The fourth-order valence-corrected chi connectivity index (χ4v) is 4.35. The molecular formula is C21H22Cl2FN5O. The quantitative estimate of drug-likeness (QED) is 0.541. The molecule has 1 fully saturated rings. The highest BCUT2D eigenvalue weighted by Crippen LogP contribution is 2.36. The Labute approximate surface area is 184 Å². The lowest BCUT2D eigenvalue weighted by atomic mass is 9.93. The van der Waals surface area contributed by atoms with Gasteiger partial charge in [0.25, 0.3) is 0 Å². The van der Waals surface area contributed by atoms with Crippen LogP contribution in [0, 0.1) is 5.82 Å². The number of piperidine rings is 1. The summed E-state index contributed by atoms with van der Waals surface area (Å²) in [5.74, 6) is 0.485. The van der Waals surface area contributed by atoms with Crippen LogP contribution >= 0.6 is 23.2 Å². The van der Waals surface area contributed by atoms with Crippen LogP contribution in [-0.4, -0.2) is 27.9 Å². The van der Waals surface area contributed by atoms with E-state index in [1.807, 2.05) is 12.4 Å². The van der Waals surface area contributed by atoms with Crippen molar-refractivity contribution >= 4 is 29.0 Å². The van der Waals surface area contributed by atoms with Crippen molar-refractivity contribution in [3.63, 3.8) is 0 Å². The Morgan fingerprint density at radius 1 is 1.27 bits per heavy atom. The van der Waals surface area contributed by atoms with Gasteiger partial charge in [-0.15, -0.1) is 0 Å². The predicted octanol–water partition coefficient (Wildman–Crippen LogP) is 4.90. The predicted molar refractivity (Wildman–Crippen MR) is 116 cm³/mol. The number of ether oxygens (including phenoxy) is 1. The Morgan fingerprint density at radius 3 is 2.80 bits per heavy atom. The molecule has 0 saturated carbocycles. The molecule has 2 aromatic heterocycles. The Balaban J connectivity index is 1.58. The number of rotatable bonds is 5. The zero-order chi connectivity index (χ0) is 21.3. The molecule has 30 heavy (non-hydrogen) atoms. The van der Waals surface area contributed by atoms with E-state index in [2.05, 4.69) is 15.4 Å². The monoisotopic (exact) mass is 449 g/mol. The number of nitrogens with two attached hydrogens (primary N) is 1. The maximum Gasteiger partial charge on any atom is 0.166 e. The molecule has 3 heterocycles. The van der Waals surface area contributed by atoms with Gasteiger partial charge in [-0.3, -0.25) is 0 Å². The number of nitrogens with zero attached hydrogens (tertiary/aromatic N) is 3. The molecule has 158 valence electrons. The van der Waals surface area contributed by atoms with Crippen molar-refractivity contribution in [2.24, 2.45) is 0 Å². The Kier molecular flexibility index (Phi) is 6.13. The van der Waals surface area contributed by atoms with E-state index in [-0.39, 0.29) is 10.8 Å². The first-order valence-corrected chi connectivity index (χ1v) is 10.5. The number of benzene rings is 1. The summed E-state index contributed by atoms with van der Waals surface area (Å²) >= 11 is 12.3. The number of pyridine rings is 1. The van der Waals surface area contributed by atoms with Gasteiger partial charge >= 0.3 is 0 Å². The number of nitrogen functional groups attached to an aromatic ring is 1. The summed E-state index contributed by atoms with van der Waals surface area (Å²) in [5, 5.41) is 8.09. The average molecular weight is 450 g/mol. The van der Waals surface area contributed by atoms with Crippen LogP contribution in [0.1, 0.15) is 42.9 Å². The minimum Gasteiger partial charge on any atom is -0.482 e. The highest BCUT2D eigenvalue weighted by atomic mass is 35.5. The second-order valence-corrected chi connectivity index (χ2v) is 8.12. The fourth-order valence-electron chi connectivity index (χ4n) is 3.67. The summed E-state index contributed by atoms with van der Waals surface area (Å²) in [7, 11) is 0. The molecule has 0 amide bonds. The van der Waals surface area contributed by atoms with Crippen LogP contribution in [0.3, 0.4) is 0 Å². The minimum atomic E-state index is -0.636. The molecule has 1 aliphatic rings. The standard InChI is InChI=1S/C21H22Cl2FN5O/c1-12(19-16(22)2-3-17(24)20(19)23)30-18-8-15(10-27-21(18)25)29-11-14(9-28-29)13-4-6-26-7-5-13/h2-3,8-13,26H,4-7H2,1H3,(H2,25,27)/t12-/m1/s1. The molecule has 4 rings (SSSR count). The summed E-state index contributed by atoms with van der Waals surface area (Å²) in [6.07, 6.45) is 7.08. The zero-order valence-electron chi connectivity index (χ0n) is 16.4. The number of aromatic nitrogens is 3. The number of halogens is 3. The molecule has 3 aromatic rings.